The van der Waals surface area contributed by atoms with Gasteiger partial charge in [-0.25, -0.2) is 4.79 Å². The summed E-state index contributed by atoms with van der Waals surface area (Å²) < 4.78 is 29.4. The molecule has 284 valence electrons. The van der Waals surface area contributed by atoms with Crippen molar-refractivity contribution in [1.82, 2.24) is 10.2 Å². The lowest BCUT2D eigenvalue weighted by atomic mass is 9.80. The number of aliphatic hydroxyl groups is 1. The zero-order valence-corrected chi connectivity index (χ0v) is 31.1. The molecule has 0 unspecified atom stereocenters. The standard InChI is InChI=1S/C45H46N2O8/c1-51-35-20-16-32(17-21-35)45(31-10-4-3-5-11-31,33-18-22-36(52-2)23-19-33)55-27-26-53-25-24-46-43(49)42-28-34(48)29-47(42)44(50)54-30-41-39-14-8-6-12-37(39)38-13-7-9-15-40(38)41/h3-23,34,41-42,48H,24-30H2,1-2H3,(H,46,49)/t34-,42+/m1/s1. The van der Waals surface area contributed by atoms with Crippen molar-refractivity contribution in [1.29, 1.82) is 0 Å². The molecule has 2 atom stereocenters. The highest BCUT2D eigenvalue weighted by atomic mass is 16.6. The van der Waals surface area contributed by atoms with Crippen molar-refractivity contribution in [2.75, 3.05) is 53.7 Å². The molecule has 2 N–H and O–H groups in total. The number of likely N-dealkylation sites (tertiary alicyclic amines) is 1. The highest BCUT2D eigenvalue weighted by Crippen LogP contribution is 2.45. The topological polar surface area (TPSA) is 116 Å². The fourth-order valence-corrected chi connectivity index (χ4v) is 7.74. The summed E-state index contributed by atoms with van der Waals surface area (Å²) in [5.41, 5.74) is 6.27. The Bertz CT molecular complexity index is 1960. The van der Waals surface area contributed by atoms with Crippen molar-refractivity contribution in [3.8, 4) is 22.6 Å². The largest absolute Gasteiger partial charge is 0.497 e. The van der Waals surface area contributed by atoms with Gasteiger partial charge in [-0.05, 0) is 63.2 Å². The Morgan fingerprint density at radius 1 is 0.709 bits per heavy atom. The number of methoxy groups -OCH3 is 2. The normalized spacial score (nSPS) is 16.3. The average molecular weight is 743 g/mol. The van der Waals surface area contributed by atoms with Crippen molar-refractivity contribution >= 4 is 12.0 Å². The Morgan fingerprint density at radius 2 is 1.25 bits per heavy atom. The molecule has 10 nitrogen and oxygen atoms in total. The highest BCUT2D eigenvalue weighted by molar-refractivity contribution is 5.86. The number of nitrogens with zero attached hydrogens (tertiary/aromatic N) is 1. The molecular weight excluding hydrogens is 697 g/mol. The third-order valence-electron chi connectivity index (χ3n) is 10.4. The number of carbonyl (C=O) groups is 2. The van der Waals surface area contributed by atoms with E-state index in [1.165, 1.54) is 4.90 Å². The maximum absolute atomic E-state index is 13.3. The molecule has 2 aliphatic rings. The van der Waals surface area contributed by atoms with Gasteiger partial charge in [0, 0.05) is 18.9 Å². The molecule has 0 radical (unpaired) electrons. The van der Waals surface area contributed by atoms with Crippen LogP contribution in [0.2, 0.25) is 0 Å². The van der Waals surface area contributed by atoms with Gasteiger partial charge in [-0.2, -0.15) is 0 Å². The van der Waals surface area contributed by atoms with Gasteiger partial charge in [0.25, 0.3) is 0 Å². The second-order valence-corrected chi connectivity index (χ2v) is 13.6. The first kappa shape index (κ1) is 37.6. The third-order valence-corrected chi connectivity index (χ3v) is 10.4. The summed E-state index contributed by atoms with van der Waals surface area (Å²) >= 11 is 0. The van der Waals surface area contributed by atoms with E-state index in [-0.39, 0.29) is 57.8 Å². The van der Waals surface area contributed by atoms with Crippen LogP contribution in [-0.4, -0.2) is 87.9 Å². The Labute approximate surface area is 321 Å². The van der Waals surface area contributed by atoms with Crippen LogP contribution >= 0.6 is 0 Å². The molecule has 0 aromatic heterocycles. The number of hydrogen-bond donors (Lipinski definition) is 2. The molecule has 0 bridgehead atoms. The van der Waals surface area contributed by atoms with Crippen LogP contribution in [0.25, 0.3) is 11.1 Å². The molecule has 55 heavy (non-hydrogen) atoms. The highest BCUT2D eigenvalue weighted by Gasteiger charge is 2.41. The molecule has 0 saturated carbocycles. The summed E-state index contributed by atoms with van der Waals surface area (Å²) in [5.74, 6) is 0.994. The van der Waals surface area contributed by atoms with Gasteiger partial charge in [-0.15, -0.1) is 0 Å². The number of carbonyl (C=O) groups excluding carboxylic acids is 2. The van der Waals surface area contributed by atoms with Crippen molar-refractivity contribution in [3.05, 3.63) is 155 Å². The number of ether oxygens (including phenoxy) is 5. The van der Waals surface area contributed by atoms with Crippen LogP contribution in [0.5, 0.6) is 11.5 Å². The van der Waals surface area contributed by atoms with E-state index in [9.17, 15) is 14.7 Å². The molecule has 1 fully saturated rings. The molecule has 1 aliphatic heterocycles. The number of aliphatic hydroxyl groups excluding tert-OH is 1. The van der Waals surface area contributed by atoms with E-state index in [0.717, 1.165) is 50.4 Å². The maximum atomic E-state index is 13.3. The van der Waals surface area contributed by atoms with Crippen LogP contribution in [0.1, 0.15) is 40.2 Å². The van der Waals surface area contributed by atoms with Gasteiger partial charge in [0.1, 0.15) is 29.7 Å². The van der Waals surface area contributed by atoms with E-state index in [4.69, 9.17) is 23.7 Å². The van der Waals surface area contributed by atoms with E-state index in [1.54, 1.807) is 14.2 Å². The quantitative estimate of drug-likeness (QED) is 0.0920. The summed E-state index contributed by atoms with van der Waals surface area (Å²) in [5, 5.41) is 13.3. The summed E-state index contributed by atoms with van der Waals surface area (Å²) in [6, 6.07) is 41.0. The first-order chi connectivity index (χ1) is 26.9. The molecule has 1 heterocycles. The summed E-state index contributed by atoms with van der Waals surface area (Å²) in [4.78, 5) is 28.0. The lowest BCUT2D eigenvalue weighted by Crippen LogP contribution is -2.47. The number of hydrogen-bond acceptors (Lipinski definition) is 8. The van der Waals surface area contributed by atoms with Crippen LogP contribution in [0.4, 0.5) is 4.79 Å². The number of nitrogens with one attached hydrogen (secondary N) is 1. The zero-order chi connectivity index (χ0) is 38.2. The van der Waals surface area contributed by atoms with E-state index in [0.29, 0.717) is 0 Å². The van der Waals surface area contributed by atoms with E-state index in [1.807, 2.05) is 103 Å². The number of benzene rings is 5. The summed E-state index contributed by atoms with van der Waals surface area (Å²) in [6.07, 6.45) is -1.32. The van der Waals surface area contributed by atoms with Crippen molar-refractivity contribution in [3.63, 3.8) is 0 Å². The van der Waals surface area contributed by atoms with Gasteiger partial charge >= 0.3 is 6.09 Å². The van der Waals surface area contributed by atoms with Crippen LogP contribution in [0.3, 0.4) is 0 Å². The van der Waals surface area contributed by atoms with Crippen LogP contribution in [0.15, 0.2) is 127 Å². The maximum Gasteiger partial charge on any atom is 0.410 e. The number of amides is 2. The van der Waals surface area contributed by atoms with Gasteiger partial charge in [-0.3, -0.25) is 9.69 Å². The summed E-state index contributed by atoms with van der Waals surface area (Å²) in [6.45, 7) is 1.08. The Morgan fingerprint density at radius 3 is 1.84 bits per heavy atom. The lowest BCUT2D eigenvalue weighted by Gasteiger charge is -2.36. The fourth-order valence-electron chi connectivity index (χ4n) is 7.74. The lowest BCUT2D eigenvalue weighted by molar-refractivity contribution is -0.125. The summed E-state index contributed by atoms with van der Waals surface area (Å²) in [7, 11) is 3.27. The monoisotopic (exact) mass is 742 g/mol. The molecule has 7 rings (SSSR count). The second-order valence-electron chi connectivity index (χ2n) is 13.6. The van der Waals surface area contributed by atoms with Crippen molar-refractivity contribution in [2.45, 2.75) is 30.1 Å². The fraction of sp³-hybridized carbons (Fsp3) is 0.289. The second kappa shape index (κ2) is 17.2. The predicted molar refractivity (Wildman–Crippen MR) is 208 cm³/mol. The number of rotatable bonds is 15. The van der Waals surface area contributed by atoms with Gasteiger partial charge in [0.05, 0.1) is 46.7 Å². The van der Waals surface area contributed by atoms with E-state index in [2.05, 4.69) is 29.6 Å². The molecule has 1 aliphatic carbocycles. The minimum Gasteiger partial charge on any atom is -0.497 e. The number of fused-ring (bicyclic) bond motifs is 3. The SMILES string of the molecule is COc1ccc(C(OCCOCCNC(=O)[C@@H]2C[C@@H](O)CN2C(=O)OCC2c3ccccc3-c3ccccc32)(c2ccccc2)c2ccc(OC)cc2)cc1. The first-order valence-corrected chi connectivity index (χ1v) is 18.6. The van der Waals surface area contributed by atoms with Crippen molar-refractivity contribution in [2.24, 2.45) is 0 Å². The molecule has 5 aromatic carbocycles. The Balaban J connectivity index is 0.943. The van der Waals surface area contributed by atoms with Gasteiger partial charge in [0.2, 0.25) is 5.91 Å². The zero-order valence-electron chi connectivity index (χ0n) is 31.1. The third kappa shape index (κ3) is 7.93. The predicted octanol–water partition coefficient (Wildman–Crippen LogP) is 6.53. The number of β-amino-alcohol motifs (C(OH)–C–C–N with tert-alkyl or cyclic N) is 1. The van der Waals surface area contributed by atoms with Gasteiger partial charge < -0.3 is 34.1 Å². The van der Waals surface area contributed by atoms with Crippen molar-refractivity contribution < 1.29 is 38.4 Å². The van der Waals surface area contributed by atoms with Gasteiger partial charge in [0.15, 0.2) is 0 Å². The van der Waals surface area contributed by atoms with E-state index < -0.39 is 23.8 Å². The molecule has 1 saturated heterocycles. The average Bonchev–Trinajstić information content (AvgIpc) is 3.79. The minimum absolute atomic E-state index is 0.0220. The molecule has 2 amide bonds. The van der Waals surface area contributed by atoms with Crippen LogP contribution in [0, 0.1) is 0 Å². The molecule has 5 aromatic rings. The molecule has 10 heteroatoms. The Hall–Kier alpha value is -5.68. The van der Waals surface area contributed by atoms with Crippen LogP contribution in [-0.2, 0) is 24.6 Å². The van der Waals surface area contributed by atoms with Gasteiger partial charge in [-0.1, -0.05) is 103 Å². The minimum atomic E-state index is -0.969. The molecular formula is C45H46N2O8. The first-order valence-electron chi connectivity index (χ1n) is 18.6. The van der Waals surface area contributed by atoms with Crippen LogP contribution < -0.4 is 14.8 Å². The Kier molecular flexibility index (Phi) is 11.8. The smallest absolute Gasteiger partial charge is 0.410 e. The molecule has 0 spiro atoms. The van der Waals surface area contributed by atoms with E-state index >= 15 is 0 Å².